The molecule has 0 bridgehead atoms. The number of rotatable bonds is 8. The fraction of sp³-hybridized carbons (Fsp3) is 0.909. The molecule has 2 fully saturated rings. The molecule has 0 aromatic carbocycles. The van der Waals surface area contributed by atoms with Crippen molar-refractivity contribution in [3.8, 4) is 0 Å². The van der Waals surface area contributed by atoms with E-state index in [9.17, 15) is 9.59 Å². The van der Waals surface area contributed by atoms with Crippen LogP contribution in [0.15, 0.2) is 0 Å². The molecular formula is C22H41NO6Si. The number of ether oxygens (including phenoxy) is 3. The fourth-order valence-electron chi connectivity index (χ4n) is 4.80. The number of esters is 1. The third-order valence-electron chi connectivity index (χ3n) is 6.33. The summed E-state index contributed by atoms with van der Waals surface area (Å²) in [5.74, 6) is -0.224. The van der Waals surface area contributed by atoms with Crippen molar-refractivity contribution >= 4 is 20.4 Å². The molecule has 1 aliphatic carbocycles. The van der Waals surface area contributed by atoms with Crippen LogP contribution < -0.4 is 0 Å². The second-order valence-electron chi connectivity index (χ2n) is 9.80. The number of hydrogen-bond donors (Lipinski definition) is 0. The zero-order valence-electron chi connectivity index (χ0n) is 20.0. The Morgan fingerprint density at radius 3 is 2.17 bits per heavy atom. The first-order valence-corrected chi connectivity index (χ1v) is 14.0. The van der Waals surface area contributed by atoms with Gasteiger partial charge in [-0.1, -0.05) is 20.8 Å². The van der Waals surface area contributed by atoms with Crippen LogP contribution in [0.25, 0.3) is 0 Å². The normalized spacial score (nSPS) is 27.0. The topological polar surface area (TPSA) is 74.3 Å². The zero-order chi connectivity index (χ0) is 22.6. The van der Waals surface area contributed by atoms with Gasteiger partial charge in [0.15, 0.2) is 8.32 Å². The molecule has 0 unspecified atom stereocenters. The summed E-state index contributed by atoms with van der Waals surface area (Å²) >= 11 is 0. The highest BCUT2D eigenvalue weighted by atomic mass is 28.4. The van der Waals surface area contributed by atoms with Gasteiger partial charge < -0.3 is 23.5 Å². The van der Waals surface area contributed by atoms with Crippen LogP contribution in [0.5, 0.6) is 0 Å². The van der Waals surface area contributed by atoms with Crippen molar-refractivity contribution in [2.24, 2.45) is 0 Å². The molecule has 2 aliphatic rings. The predicted molar refractivity (Wildman–Crippen MR) is 118 cm³/mol. The van der Waals surface area contributed by atoms with Gasteiger partial charge in [-0.3, -0.25) is 4.79 Å². The van der Waals surface area contributed by atoms with Crippen LogP contribution in [0.4, 0.5) is 4.79 Å². The van der Waals surface area contributed by atoms with E-state index in [2.05, 4.69) is 20.8 Å². The maximum absolute atomic E-state index is 12.6. The summed E-state index contributed by atoms with van der Waals surface area (Å²) in [5, 5.41) is 0. The third kappa shape index (κ3) is 5.98. The monoisotopic (exact) mass is 443 g/mol. The number of morpholine rings is 1. The molecule has 1 saturated carbocycles. The number of amides is 1. The SMILES string of the molecule is CCOC(=O)CC1(O[Si](CC)(CC)CC)CC2(CN(C(=O)OC(C)(C)C)CCO2)C1. The van der Waals surface area contributed by atoms with E-state index in [4.69, 9.17) is 18.6 Å². The Labute approximate surface area is 182 Å². The summed E-state index contributed by atoms with van der Waals surface area (Å²) in [5.41, 5.74) is -1.57. The van der Waals surface area contributed by atoms with Crippen molar-refractivity contribution in [2.45, 2.75) is 103 Å². The predicted octanol–water partition coefficient (Wildman–Crippen LogP) is 4.50. The van der Waals surface area contributed by atoms with E-state index < -0.39 is 25.1 Å². The van der Waals surface area contributed by atoms with Crippen molar-refractivity contribution < 1.29 is 28.2 Å². The summed E-state index contributed by atoms with van der Waals surface area (Å²) in [6, 6.07) is 3.05. The summed E-state index contributed by atoms with van der Waals surface area (Å²) in [4.78, 5) is 26.7. The van der Waals surface area contributed by atoms with Gasteiger partial charge in [-0.05, 0) is 45.8 Å². The van der Waals surface area contributed by atoms with Crippen LogP contribution in [0.2, 0.25) is 18.1 Å². The molecule has 1 amide bonds. The van der Waals surface area contributed by atoms with Crippen molar-refractivity contribution in [1.82, 2.24) is 4.90 Å². The molecule has 0 radical (unpaired) electrons. The Hall–Kier alpha value is -1.12. The van der Waals surface area contributed by atoms with Gasteiger partial charge in [-0.25, -0.2) is 4.79 Å². The van der Waals surface area contributed by atoms with Gasteiger partial charge in [0, 0.05) is 19.4 Å². The van der Waals surface area contributed by atoms with Gasteiger partial charge in [0.2, 0.25) is 0 Å². The lowest BCUT2D eigenvalue weighted by Crippen LogP contribution is -2.69. The number of carbonyl (C=O) groups is 2. The van der Waals surface area contributed by atoms with Crippen molar-refractivity contribution in [3.05, 3.63) is 0 Å². The van der Waals surface area contributed by atoms with Crippen LogP contribution in [0.3, 0.4) is 0 Å². The Balaban J connectivity index is 2.15. The molecule has 2 rings (SSSR count). The molecule has 30 heavy (non-hydrogen) atoms. The molecule has 0 atom stereocenters. The Morgan fingerprint density at radius 2 is 1.67 bits per heavy atom. The van der Waals surface area contributed by atoms with Crippen molar-refractivity contribution in [1.29, 1.82) is 0 Å². The number of nitrogens with zero attached hydrogens (tertiary/aromatic N) is 1. The third-order valence-corrected chi connectivity index (χ3v) is 11.1. The van der Waals surface area contributed by atoms with E-state index in [1.165, 1.54) is 0 Å². The van der Waals surface area contributed by atoms with Crippen molar-refractivity contribution in [2.75, 3.05) is 26.3 Å². The van der Waals surface area contributed by atoms with Crippen LogP contribution in [0.1, 0.15) is 67.7 Å². The summed E-state index contributed by atoms with van der Waals surface area (Å²) in [7, 11) is -1.93. The number of carbonyl (C=O) groups excluding carboxylic acids is 2. The van der Waals surface area contributed by atoms with Gasteiger partial charge in [0.1, 0.15) is 5.60 Å². The molecule has 0 aromatic heterocycles. The average molecular weight is 444 g/mol. The highest BCUT2D eigenvalue weighted by Crippen LogP contribution is 2.52. The molecule has 1 saturated heterocycles. The highest BCUT2D eigenvalue weighted by Gasteiger charge is 2.61. The first kappa shape index (κ1) is 25.1. The van der Waals surface area contributed by atoms with E-state index in [1.807, 2.05) is 27.7 Å². The Morgan fingerprint density at radius 1 is 1.07 bits per heavy atom. The van der Waals surface area contributed by atoms with Gasteiger partial charge >= 0.3 is 12.1 Å². The number of hydrogen-bond acceptors (Lipinski definition) is 6. The Bertz CT molecular complexity index is 599. The molecule has 174 valence electrons. The van der Waals surface area contributed by atoms with E-state index in [1.54, 1.807) is 4.90 Å². The molecular weight excluding hydrogens is 402 g/mol. The van der Waals surface area contributed by atoms with Crippen molar-refractivity contribution in [3.63, 3.8) is 0 Å². The lowest BCUT2D eigenvalue weighted by molar-refractivity contribution is -0.228. The minimum atomic E-state index is -1.93. The molecule has 0 aromatic rings. The fourth-order valence-corrected chi connectivity index (χ4v) is 7.87. The lowest BCUT2D eigenvalue weighted by atomic mass is 9.65. The maximum Gasteiger partial charge on any atom is 0.410 e. The summed E-state index contributed by atoms with van der Waals surface area (Å²) in [6.07, 6.45) is 1.14. The molecule has 1 heterocycles. The zero-order valence-corrected chi connectivity index (χ0v) is 21.0. The van der Waals surface area contributed by atoms with E-state index >= 15 is 0 Å². The summed E-state index contributed by atoms with van der Waals surface area (Å²) < 4.78 is 23.8. The lowest BCUT2D eigenvalue weighted by Gasteiger charge is -2.60. The first-order valence-electron chi connectivity index (χ1n) is 11.4. The van der Waals surface area contributed by atoms with Gasteiger partial charge in [-0.2, -0.15) is 0 Å². The molecule has 7 nitrogen and oxygen atoms in total. The molecule has 1 aliphatic heterocycles. The van der Waals surface area contributed by atoms with Crippen LogP contribution in [-0.4, -0.2) is 68.4 Å². The highest BCUT2D eigenvalue weighted by molar-refractivity contribution is 6.73. The van der Waals surface area contributed by atoms with Crippen LogP contribution >= 0.6 is 0 Å². The van der Waals surface area contributed by atoms with Gasteiger partial charge in [-0.15, -0.1) is 0 Å². The minimum absolute atomic E-state index is 0.224. The maximum atomic E-state index is 12.6. The van der Waals surface area contributed by atoms with Gasteiger partial charge in [0.25, 0.3) is 0 Å². The average Bonchev–Trinajstić information content (AvgIpc) is 2.64. The smallest absolute Gasteiger partial charge is 0.410 e. The minimum Gasteiger partial charge on any atom is -0.466 e. The van der Waals surface area contributed by atoms with Crippen LogP contribution in [-0.2, 0) is 23.4 Å². The second-order valence-corrected chi connectivity index (χ2v) is 14.5. The largest absolute Gasteiger partial charge is 0.466 e. The quantitative estimate of drug-likeness (QED) is 0.406. The molecule has 8 heteroatoms. The van der Waals surface area contributed by atoms with E-state index in [-0.39, 0.29) is 18.5 Å². The molecule has 1 spiro atoms. The van der Waals surface area contributed by atoms with Gasteiger partial charge in [0.05, 0.1) is 37.4 Å². The van der Waals surface area contributed by atoms with E-state index in [0.717, 1.165) is 18.1 Å². The Kier molecular flexibility index (Phi) is 8.02. The second kappa shape index (κ2) is 9.57. The summed E-state index contributed by atoms with van der Waals surface area (Å²) in [6.45, 7) is 15.8. The first-order chi connectivity index (χ1) is 14.0. The van der Waals surface area contributed by atoms with Crippen LogP contribution in [0, 0.1) is 0 Å². The standard InChI is InChI=1S/C22H41NO6Si/c1-8-26-18(24)14-21(29-30(9-2,10-3)11-4)15-22(16-21)17-23(12-13-27-22)19(25)28-20(5,6)7/h8-17H2,1-7H3. The molecule has 0 N–H and O–H groups in total. The van der Waals surface area contributed by atoms with E-state index in [0.29, 0.717) is 39.1 Å².